The first-order valence-corrected chi connectivity index (χ1v) is 32.5. The fraction of sp³-hybridized carbons (Fsp3) is 0.391. The number of hydrogen-bond acceptors (Lipinski definition) is 16. The third-order valence-electron chi connectivity index (χ3n) is 20.1. The van der Waals surface area contributed by atoms with Crippen molar-refractivity contribution in [2.75, 3.05) is 96.0 Å². The Morgan fingerprint density at radius 1 is 0.688 bits per heavy atom. The van der Waals surface area contributed by atoms with Crippen LogP contribution in [0.25, 0.3) is 71.9 Å². The highest BCUT2D eigenvalue weighted by atomic mass is 35.5. The molecule has 9 aromatic rings. The molecule has 5 atom stereocenters. The van der Waals surface area contributed by atoms with E-state index in [0.717, 1.165) is 62.5 Å². The number of anilines is 2. The lowest BCUT2D eigenvalue weighted by Gasteiger charge is -2.40. The molecule has 19 nitrogen and oxygen atoms in total. The number of alkyl halides is 1. The van der Waals surface area contributed by atoms with Gasteiger partial charge in [0.05, 0.1) is 28.0 Å². The van der Waals surface area contributed by atoms with Crippen molar-refractivity contribution in [1.29, 1.82) is 0 Å². The summed E-state index contributed by atoms with van der Waals surface area (Å²) in [4.78, 5) is 68.2. The van der Waals surface area contributed by atoms with Crippen LogP contribution >= 0.6 is 23.2 Å². The lowest BCUT2D eigenvalue weighted by molar-refractivity contribution is -0.131. The molecule has 0 radical (unpaired) electrons. The molecule has 24 heteroatoms. The second kappa shape index (κ2) is 24.4. The molecule has 6 fully saturated rings. The van der Waals surface area contributed by atoms with E-state index >= 15 is 8.78 Å². The van der Waals surface area contributed by atoms with Gasteiger partial charge in [0.15, 0.2) is 11.6 Å². The van der Waals surface area contributed by atoms with Crippen LogP contribution in [-0.2, 0) is 16.6 Å². The predicted molar refractivity (Wildman–Crippen MR) is 352 cm³/mol. The smallest absolute Gasteiger partial charge is 0.319 e. The molecule has 0 bridgehead atoms. The largest absolute Gasteiger partial charge is 0.461 e. The molecule has 11 heterocycles. The van der Waals surface area contributed by atoms with Gasteiger partial charge < -0.3 is 29.1 Å². The number of nitrogens with zero attached hydrogens (tertiary/aromatic N) is 15. The number of carbonyl (C=O) groups is 2. The van der Waals surface area contributed by atoms with Crippen molar-refractivity contribution in [3.8, 4) is 34.5 Å². The van der Waals surface area contributed by atoms with Gasteiger partial charge in [0.1, 0.15) is 59.1 Å². The second-order valence-corrected chi connectivity index (χ2v) is 26.9. The van der Waals surface area contributed by atoms with Crippen molar-refractivity contribution in [1.82, 2.24) is 64.5 Å². The lowest BCUT2D eigenvalue weighted by atomic mass is 9.90. The Morgan fingerprint density at radius 3 is 1.87 bits per heavy atom. The number of amides is 2. The van der Waals surface area contributed by atoms with Crippen molar-refractivity contribution in [2.45, 2.75) is 68.2 Å². The SMILES string of the molecule is CN(CC1CN(C(=O)/C=C/C2CN3CCCC3(COc3nc(N(C)[C@@H]4CCN(C(=O)/C=C/c5cn(C)nn5)C4)c4cnc(-c5cccc6cccc(Cl)c56)c(F)c4n3)C2)C1)c1nc(OC[C@@]23CCCN2C[C@@H](F)C3)nc2c(F)c(-c3cccc4cccc(Cl)c34)ncc12. The highest BCUT2D eigenvalue weighted by Crippen LogP contribution is 2.45. The van der Waals surface area contributed by atoms with Crippen molar-refractivity contribution >= 4 is 96.1 Å². The number of halogens is 5. The molecule has 6 aliphatic heterocycles. The highest BCUT2D eigenvalue weighted by Gasteiger charge is 2.50. The summed E-state index contributed by atoms with van der Waals surface area (Å²) in [6, 6.07) is 22.1. The Morgan fingerprint density at radius 2 is 1.26 bits per heavy atom. The summed E-state index contributed by atoms with van der Waals surface area (Å²) in [5.41, 5.74) is 1.04. The Labute approximate surface area is 544 Å². The van der Waals surface area contributed by atoms with Crippen LogP contribution < -0.4 is 19.3 Å². The zero-order chi connectivity index (χ0) is 63.9. The quantitative estimate of drug-likeness (QED) is 0.0785. The number of aryl methyl sites for hydroxylation is 1. The first kappa shape index (κ1) is 60.7. The number of hydrogen-bond donors (Lipinski definition) is 0. The third-order valence-corrected chi connectivity index (χ3v) is 20.7. The van der Waals surface area contributed by atoms with E-state index in [4.69, 9.17) is 52.6 Å². The Kier molecular flexibility index (Phi) is 15.9. The number of carbonyl (C=O) groups excluding carboxylic acids is 2. The number of ether oxygens (including phenoxy) is 2. The van der Waals surface area contributed by atoms with Gasteiger partial charge in [-0.15, -0.1) is 5.10 Å². The number of pyridine rings is 2. The molecule has 0 aliphatic carbocycles. The number of benzene rings is 4. The Balaban J connectivity index is 0.637. The second-order valence-electron chi connectivity index (χ2n) is 26.0. The van der Waals surface area contributed by atoms with Crippen molar-refractivity contribution in [2.24, 2.45) is 18.9 Å². The van der Waals surface area contributed by atoms with Gasteiger partial charge in [-0.2, -0.15) is 19.9 Å². The van der Waals surface area contributed by atoms with Gasteiger partial charge in [0, 0.05) is 136 Å². The van der Waals surface area contributed by atoms with Crippen LogP contribution in [0.4, 0.5) is 24.8 Å². The van der Waals surface area contributed by atoms with Crippen molar-refractivity contribution in [3.05, 3.63) is 137 Å². The molecule has 15 rings (SSSR count). The van der Waals surface area contributed by atoms with E-state index in [1.807, 2.05) is 83.4 Å². The van der Waals surface area contributed by atoms with Gasteiger partial charge in [-0.25, -0.2) is 13.2 Å². The standard InChI is InChI=1S/C69H68Cl2F3N15O4/c1-83(64-50-30-75-60(48-14-4-10-43-12-6-16-52(70)56(43)48)58(73)62(50)77-66(79-64)93-40-69-24-9-26-89(69)36-45(72)29-69)32-42-33-87(34-42)55(91)20-18-41-28-68(23-8-25-88(68)35-41)39-92-67-78-63-51(31-76-61(59(63)74)49-15-5-11-44-13-7-17-53(71)57(44)49)65(80-67)85(3)47-22-27-86(38-47)54(90)21-19-46-37-84(2)82-81-46/h4-7,10-21,30-31,37,41-42,45,47H,8-9,22-29,32-36,38-40H2,1-3H3/b20-18+,21-19+/t41?,45-,47+,68?,69-/m0/s1. The molecule has 0 spiro atoms. The average molecular weight is 1300 g/mol. The fourth-order valence-corrected chi connectivity index (χ4v) is 16.0. The zero-order valence-corrected chi connectivity index (χ0v) is 53.2. The fourth-order valence-electron chi connectivity index (χ4n) is 15.4. The average Bonchev–Trinajstić information content (AvgIpc) is 1.71. The molecule has 478 valence electrons. The van der Waals surface area contributed by atoms with Gasteiger partial charge in [-0.3, -0.25) is 34.0 Å². The van der Waals surface area contributed by atoms with E-state index in [1.165, 1.54) is 6.08 Å². The summed E-state index contributed by atoms with van der Waals surface area (Å²) >= 11 is 13.5. The first-order chi connectivity index (χ1) is 45.1. The maximum Gasteiger partial charge on any atom is 0.319 e. The summed E-state index contributed by atoms with van der Waals surface area (Å²) in [5.74, 6) is -0.541. The summed E-state index contributed by atoms with van der Waals surface area (Å²) in [6.45, 7) is 5.56. The van der Waals surface area contributed by atoms with Crippen LogP contribution in [-0.4, -0.2) is 186 Å². The van der Waals surface area contributed by atoms with Gasteiger partial charge >= 0.3 is 12.0 Å². The number of aromatic nitrogens is 9. The monoisotopic (exact) mass is 1300 g/mol. The van der Waals surface area contributed by atoms with E-state index in [-0.39, 0.29) is 82.9 Å². The molecular formula is C69H68Cl2F3N15O4. The molecule has 2 amide bonds. The molecule has 4 aromatic carbocycles. The molecule has 2 unspecified atom stereocenters. The Bertz CT molecular complexity index is 4510. The third kappa shape index (κ3) is 11.3. The molecule has 93 heavy (non-hydrogen) atoms. The van der Waals surface area contributed by atoms with E-state index in [9.17, 15) is 14.0 Å². The van der Waals surface area contributed by atoms with Crippen LogP contribution in [0.2, 0.25) is 10.0 Å². The number of likely N-dealkylation sites (N-methyl/N-ethyl adjacent to an activating group) is 1. The summed E-state index contributed by atoms with van der Waals surface area (Å²) in [6.07, 6.45) is 16.1. The van der Waals surface area contributed by atoms with Crippen LogP contribution in [0.1, 0.15) is 50.6 Å². The molecule has 6 aliphatic rings. The summed E-state index contributed by atoms with van der Waals surface area (Å²) < 4.78 is 64.1. The van der Waals surface area contributed by atoms with E-state index in [1.54, 1.807) is 71.6 Å². The van der Waals surface area contributed by atoms with Gasteiger partial charge in [-0.05, 0) is 92.6 Å². The van der Waals surface area contributed by atoms with Crippen molar-refractivity contribution in [3.63, 3.8) is 0 Å². The van der Waals surface area contributed by atoms with Gasteiger partial charge in [0.2, 0.25) is 11.8 Å². The van der Waals surface area contributed by atoms with E-state index < -0.39 is 23.3 Å². The molecule has 6 saturated heterocycles. The van der Waals surface area contributed by atoms with Crippen LogP contribution in [0.5, 0.6) is 12.0 Å². The molecular weight excluding hydrogens is 1230 g/mol. The predicted octanol–water partition coefficient (Wildman–Crippen LogP) is 10.8. The summed E-state index contributed by atoms with van der Waals surface area (Å²) in [5, 5.41) is 12.8. The summed E-state index contributed by atoms with van der Waals surface area (Å²) in [7, 11) is 5.54. The van der Waals surface area contributed by atoms with E-state index in [0.29, 0.717) is 112 Å². The zero-order valence-electron chi connectivity index (χ0n) is 51.7. The van der Waals surface area contributed by atoms with Gasteiger partial charge in [0.25, 0.3) is 0 Å². The maximum atomic E-state index is 17.5. The van der Waals surface area contributed by atoms with Crippen LogP contribution in [0.3, 0.4) is 0 Å². The minimum Gasteiger partial charge on any atom is -0.461 e. The molecule has 0 saturated carbocycles. The maximum absolute atomic E-state index is 17.5. The first-order valence-electron chi connectivity index (χ1n) is 31.8. The van der Waals surface area contributed by atoms with Crippen LogP contribution in [0, 0.1) is 23.5 Å². The van der Waals surface area contributed by atoms with E-state index in [2.05, 4.69) is 30.1 Å². The van der Waals surface area contributed by atoms with Gasteiger partial charge in [-0.1, -0.05) is 95.2 Å². The Hall–Kier alpha value is -8.57. The topological polar surface area (TPSA) is 180 Å². The molecule has 5 aromatic heterocycles. The number of fused-ring (bicyclic) bond motifs is 6. The number of likely N-dealkylation sites (tertiary alicyclic amines) is 2. The number of rotatable bonds is 17. The highest BCUT2D eigenvalue weighted by molar-refractivity contribution is 6.37. The van der Waals surface area contributed by atoms with Crippen molar-refractivity contribution < 1.29 is 32.2 Å². The normalized spacial score (nSPS) is 22.6. The molecule has 0 N–H and O–H groups in total. The minimum atomic E-state index is -0.951. The minimum absolute atomic E-state index is 0.00491. The lowest BCUT2D eigenvalue weighted by Crippen LogP contribution is -2.53. The van der Waals surface area contributed by atoms with Crippen LogP contribution in [0.15, 0.2) is 110 Å².